The number of nitrogens with zero attached hydrogens (tertiary/aromatic N) is 3. The van der Waals surface area contributed by atoms with Gasteiger partial charge < -0.3 is 15.1 Å². The number of nitrogens with one attached hydrogen (secondary N) is 1. The molecule has 2 atom stereocenters. The van der Waals surface area contributed by atoms with Crippen LogP contribution >= 0.6 is 23.2 Å². The summed E-state index contributed by atoms with van der Waals surface area (Å²) in [6.07, 6.45) is 15.5. The molecule has 0 aromatic heterocycles. The van der Waals surface area contributed by atoms with E-state index in [0.717, 1.165) is 85.4 Å². The van der Waals surface area contributed by atoms with Gasteiger partial charge in [0.25, 0.3) is 5.91 Å². The van der Waals surface area contributed by atoms with Gasteiger partial charge in [-0.3, -0.25) is 14.1 Å². The Kier molecular flexibility index (Phi) is 18.1. The molecule has 0 radical (unpaired) electrons. The van der Waals surface area contributed by atoms with E-state index in [2.05, 4.69) is 55.1 Å². The third-order valence-electron chi connectivity index (χ3n) is 12.2. The van der Waals surface area contributed by atoms with Crippen LogP contribution in [0.1, 0.15) is 135 Å². The van der Waals surface area contributed by atoms with Crippen molar-refractivity contribution in [3.05, 3.63) is 123 Å². The third kappa shape index (κ3) is 12.3. The summed E-state index contributed by atoms with van der Waals surface area (Å²) in [6, 6.07) is 10.6. The van der Waals surface area contributed by atoms with Crippen LogP contribution in [0.5, 0.6) is 0 Å². The molecule has 58 heavy (non-hydrogen) atoms. The highest BCUT2D eigenvalue weighted by molar-refractivity contribution is 6.36. The van der Waals surface area contributed by atoms with Gasteiger partial charge in [0.05, 0.1) is 19.1 Å². The highest BCUT2D eigenvalue weighted by Crippen LogP contribution is 2.39. The van der Waals surface area contributed by atoms with E-state index in [0.29, 0.717) is 41.8 Å². The fourth-order valence-electron chi connectivity index (χ4n) is 8.72. The van der Waals surface area contributed by atoms with Crippen molar-refractivity contribution in [3.63, 3.8) is 0 Å². The van der Waals surface area contributed by atoms with Gasteiger partial charge in [-0.1, -0.05) is 85.8 Å². The van der Waals surface area contributed by atoms with Crippen LogP contribution in [0.25, 0.3) is 5.70 Å². The van der Waals surface area contributed by atoms with Crippen LogP contribution < -0.4 is 5.32 Å². The van der Waals surface area contributed by atoms with Crippen molar-refractivity contribution < 1.29 is 18.5 Å². The molecule has 9 heteroatoms. The van der Waals surface area contributed by atoms with E-state index in [1.807, 2.05) is 51.1 Å². The topological polar surface area (TPSA) is 52.7 Å². The normalized spacial score (nSPS) is 16.8. The fourth-order valence-corrected chi connectivity index (χ4v) is 9.39. The molecule has 1 fully saturated rings. The average molecular weight is 835 g/mol. The van der Waals surface area contributed by atoms with Crippen LogP contribution in [0.15, 0.2) is 84.2 Å². The molecule has 2 aliphatic heterocycles. The summed E-state index contributed by atoms with van der Waals surface area (Å²) in [5.74, 6) is 0.487. The first-order valence-electron chi connectivity index (χ1n) is 21.3. The highest BCUT2D eigenvalue weighted by Gasteiger charge is 2.35. The summed E-state index contributed by atoms with van der Waals surface area (Å²) in [5, 5.41) is 3.66. The number of hydrogen-bond donors (Lipinski definition) is 1. The van der Waals surface area contributed by atoms with E-state index < -0.39 is 6.17 Å². The number of alkyl halides is 1. The predicted octanol–water partition coefficient (Wildman–Crippen LogP) is 11.9. The molecule has 2 aromatic rings. The van der Waals surface area contributed by atoms with Crippen molar-refractivity contribution in [1.82, 2.24) is 15.1 Å². The van der Waals surface area contributed by atoms with Gasteiger partial charge in [-0.2, -0.15) is 0 Å². The molecule has 0 aliphatic carbocycles. The number of carbonyl (C=O) groups excluding carboxylic acids is 2. The lowest BCUT2D eigenvalue weighted by Gasteiger charge is -2.33. The van der Waals surface area contributed by atoms with Gasteiger partial charge in [-0.25, -0.2) is 4.39 Å². The van der Waals surface area contributed by atoms with Crippen molar-refractivity contribution in [2.45, 2.75) is 129 Å². The predicted molar refractivity (Wildman–Crippen MR) is 242 cm³/mol. The SMILES string of the molecule is C=CNC(=O)CCC(C)N1Cc2c(cc(C)cc2C2CCN(CCCCCCCCc3cc(C(=C)[N+](C)(C)C(=C(\Cl)C=C)/C(Cl)=C\C)ccc3CC(C)F)CC2)C1=O. The summed E-state index contributed by atoms with van der Waals surface area (Å²) in [7, 11) is 4.03. The van der Waals surface area contributed by atoms with Crippen molar-refractivity contribution in [1.29, 1.82) is 0 Å². The standard InChI is InChI=1S/C49H67Cl2FN4O2/c1-10-45(50)48(46(51)11-2)56(8,9)37(7)39-21-22-41(31-35(5)52)40(32-39)19-17-15-13-14-16-18-26-54-27-24-38(25-28-54)42-29-34(4)30-43-44(42)33-55(49(43)58)36(6)20-23-47(57)53-12-3/h10-12,21-22,29-30,32,35-36,38H,1,3,7,13-20,23-28,31,33H2,2,4-6,8-9H3/p+1/b46-11+,48-45-. The Balaban J connectivity index is 1.23. The lowest BCUT2D eigenvalue weighted by molar-refractivity contribution is -0.774. The number of hydrogen-bond acceptors (Lipinski definition) is 3. The molecular formula is C49H68Cl2FN4O2+. The number of likely N-dealkylation sites (tertiary alicyclic amines) is 1. The molecular weight excluding hydrogens is 766 g/mol. The van der Waals surface area contributed by atoms with Crippen molar-refractivity contribution in [2.75, 3.05) is 33.7 Å². The zero-order valence-corrected chi connectivity index (χ0v) is 37.6. The van der Waals surface area contributed by atoms with Crippen LogP contribution in [0.4, 0.5) is 4.39 Å². The maximum Gasteiger partial charge on any atom is 0.254 e. The highest BCUT2D eigenvalue weighted by atomic mass is 35.5. The maximum atomic E-state index is 14.2. The van der Waals surface area contributed by atoms with E-state index in [4.69, 9.17) is 23.2 Å². The first-order chi connectivity index (χ1) is 27.6. The molecule has 1 N–H and O–H groups in total. The number of piperidine rings is 1. The second-order valence-electron chi connectivity index (χ2n) is 16.9. The smallest absolute Gasteiger partial charge is 0.254 e. The van der Waals surface area contributed by atoms with Crippen LogP contribution in [0, 0.1) is 6.92 Å². The maximum absolute atomic E-state index is 14.2. The molecule has 6 nitrogen and oxygen atoms in total. The summed E-state index contributed by atoms with van der Waals surface area (Å²) in [4.78, 5) is 30.1. The molecule has 4 rings (SSSR count). The second kappa shape index (κ2) is 22.2. The van der Waals surface area contributed by atoms with E-state index in [-0.39, 0.29) is 22.3 Å². The molecule has 2 amide bonds. The third-order valence-corrected chi connectivity index (χ3v) is 12.9. The minimum Gasteiger partial charge on any atom is -0.333 e. The van der Waals surface area contributed by atoms with Crippen molar-refractivity contribution in [3.8, 4) is 0 Å². The number of carbonyl (C=O) groups is 2. The number of amides is 2. The molecule has 1 saturated heterocycles. The van der Waals surface area contributed by atoms with E-state index in [1.54, 1.807) is 13.0 Å². The molecule has 0 spiro atoms. The van der Waals surface area contributed by atoms with Gasteiger partial charge in [0.15, 0.2) is 5.70 Å². The number of halogens is 3. The Bertz CT molecular complexity index is 1860. The summed E-state index contributed by atoms with van der Waals surface area (Å²) < 4.78 is 14.5. The van der Waals surface area contributed by atoms with Crippen LogP contribution in [0.3, 0.4) is 0 Å². The van der Waals surface area contributed by atoms with Gasteiger partial charge in [-0.15, -0.1) is 0 Å². The largest absolute Gasteiger partial charge is 0.333 e. The Morgan fingerprint density at radius 2 is 1.69 bits per heavy atom. The summed E-state index contributed by atoms with van der Waals surface area (Å²) in [5.41, 5.74) is 9.34. The zero-order valence-electron chi connectivity index (χ0n) is 36.1. The lowest BCUT2D eigenvalue weighted by atomic mass is 9.84. The first kappa shape index (κ1) is 47.2. The van der Waals surface area contributed by atoms with Crippen LogP contribution in [-0.4, -0.2) is 72.0 Å². The summed E-state index contributed by atoms with van der Waals surface area (Å²) in [6.45, 7) is 23.5. The number of allylic oxidation sites excluding steroid dienone is 4. The second-order valence-corrected chi connectivity index (χ2v) is 17.7. The number of rotatable bonds is 22. The molecule has 2 unspecified atom stereocenters. The van der Waals surface area contributed by atoms with Crippen LogP contribution in [-0.2, 0) is 24.2 Å². The Morgan fingerprint density at radius 1 is 1.02 bits per heavy atom. The number of fused-ring (bicyclic) bond motifs is 1. The lowest BCUT2D eigenvalue weighted by Crippen LogP contribution is -2.37. The number of likely N-dealkylation sites (N-methyl/N-ethyl adjacent to an activating group) is 1. The molecule has 316 valence electrons. The van der Waals surface area contributed by atoms with Gasteiger partial charge in [0.2, 0.25) is 5.91 Å². The molecule has 0 bridgehead atoms. The van der Waals surface area contributed by atoms with E-state index in [9.17, 15) is 14.0 Å². The summed E-state index contributed by atoms with van der Waals surface area (Å²) >= 11 is 13.2. The fraction of sp³-hybridized carbons (Fsp3) is 0.510. The van der Waals surface area contributed by atoms with E-state index >= 15 is 0 Å². The minimum atomic E-state index is -0.912. The minimum absolute atomic E-state index is 0.0146. The van der Waals surface area contributed by atoms with Gasteiger partial charge >= 0.3 is 0 Å². The number of quaternary nitrogens is 1. The molecule has 2 aliphatic rings. The Labute approximate surface area is 359 Å². The molecule has 2 aromatic carbocycles. The number of aryl methyl sites for hydroxylation is 2. The Hall–Kier alpha value is -3.49. The van der Waals surface area contributed by atoms with Crippen molar-refractivity contribution in [2.24, 2.45) is 0 Å². The van der Waals surface area contributed by atoms with Crippen molar-refractivity contribution >= 4 is 40.7 Å². The van der Waals surface area contributed by atoms with Gasteiger partial charge in [0, 0.05) is 36.6 Å². The Morgan fingerprint density at radius 3 is 2.33 bits per heavy atom. The number of benzene rings is 2. The quantitative estimate of drug-likeness (QED) is 0.0730. The molecule has 2 heterocycles. The molecule has 0 saturated carbocycles. The van der Waals surface area contributed by atoms with Crippen LogP contribution in [0.2, 0.25) is 0 Å². The number of unbranched alkanes of at least 4 members (excludes halogenated alkanes) is 5. The average Bonchev–Trinajstić information content (AvgIpc) is 3.53. The first-order valence-corrected chi connectivity index (χ1v) is 22.1. The van der Waals surface area contributed by atoms with Gasteiger partial charge in [0.1, 0.15) is 16.9 Å². The van der Waals surface area contributed by atoms with E-state index in [1.165, 1.54) is 48.6 Å². The monoisotopic (exact) mass is 833 g/mol. The zero-order chi connectivity index (χ0) is 42.6. The van der Waals surface area contributed by atoms with Gasteiger partial charge in [-0.05, 0) is 151 Å².